The number of hydrogen-bond acceptors (Lipinski definition) is 5. The van der Waals surface area contributed by atoms with Crippen molar-refractivity contribution in [1.29, 1.82) is 0 Å². The summed E-state index contributed by atoms with van der Waals surface area (Å²) in [7, 11) is 0. The minimum absolute atomic E-state index is 0.0876. The fraction of sp³-hybridized carbons (Fsp3) is 0.0769. The maximum atomic E-state index is 9.82. The van der Waals surface area contributed by atoms with Crippen molar-refractivity contribution in [3.8, 4) is 23.0 Å². The highest BCUT2D eigenvalue weighted by atomic mass is 16.3. The first-order valence-electron chi connectivity index (χ1n) is 5.29. The van der Waals surface area contributed by atoms with E-state index in [0.29, 0.717) is 16.9 Å². The number of benzene rings is 2. The fourth-order valence-corrected chi connectivity index (χ4v) is 1.59. The first kappa shape index (κ1) is 11.9. The second-order valence-corrected chi connectivity index (χ2v) is 3.96. The van der Waals surface area contributed by atoms with Gasteiger partial charge in [0.25, 0.3) is 0 Å². The van der Waals surface area contributed by atoms with Crippen molar-refractivity contribution in [1.82, 2.24) is 0 Å². The molecule has 0 aliphatic carbocycles. The van der Waals surface area contributed by atoms with Crippen molar-refractivity contribution in [3.63, 3.8) is 0 Å². The Bertz CT molecular complexity index is 573. The Kier molecular flexibility index (Phi) is 2.89. The summed E-state index contributed by atoms with van der Waals surface area (Å²) in [6.45, 7) is 1.76. The van der Waals surface area contributed by atoms with Gasteiger partial charge in [0.15, 0.2) is 17.2 Å². The SMILES string of the molecule is Cc1cccc(Nc2cc(O)c(O)c(O)c2)c1O. The van der Waals surface area contributed by atoms with Crippen LogP contribution < -0.4 is 5.32 Å². The molecule has 94 valence electrons. The van der Waals surface area contributed by atoms with Crippen LogP contribution in [0, 0.1) is 6.92 Å². The molecule has 0 aromatic heterocycles. The maximum Gasteiger partial charge on any atom is 0.200 e. The Labute approximate surface area is 104 Å². The molecule has 0 radical (unpaired) electrons. The first-order chi connectivity index (χ1) is 8.49. The average Bonchev–Trinajstić information content (AvgIpc) is 2.32. The van der Waals surface area contributed by atoms with Crippen molar-refractivity contribution >= 4 is 11.4 Å². The van der Waals surface area contributed by atoms with E-state index in [-0.39, 0.29) is 5.75 Å². The van der Waals surface area contributed by atoms with Gasteiger partial charge in [-0.05, 0) is 18.6 Å². The third-order valence-electron chi connectivity index (χ3n) is 2.59. The molecule has 0 amide bonds. The molecule has 2 rings (SSSR count). The molecule has 0 saturated heterocycles. The molecular weight excluding hydrogens is 234 g/mol. The Balaban J connectivity index is 2.37. The van der Waals surface area contributed by atoms with Crippen LogP contribution in [0.1, 0.15) is 5.56 Å². The van der Waals surface area contributed by atoms with Gasteiger partial charge in [0.1, 0.15) is 5.75 Å². The van der Waals surface area contributed by atoms with Gasteiger partial charge in [-0.2, -0.15) is 0 Å². The molecule has 0 aliphatic rings. The lowest BCUT2D eigenvalue weighted by Gasteiger charge is -2.11. The van der Waals surface area contributed by atoms with E-state index < -0.39 is 17.2 Å². The normalized spacial score (nSPS) is 10.3. The van der Waals surface area contributed by atoms with Gasteiger partial charge in [-0.25, -0.2) is 0 Å². The van der Waals surface area contributed by atoms with Crippen LogP contribution in [0.2, 0.25) is 0 Å². The zero-order valence-electron chi connectivity index (χ0n) is 9.68. The zero-order valence-corrected chi connectivity index (χ0v) is 9.68. The maximum absolute atomic E-state index is 9.82. The van der Waals surface area contributed by atoms with Gasteiger partial charge < -0.3 is 25.7 Å². The summed E-state index contributed by atoms with van der Waals surface area (Å²) >= 11 is 0. The highest BCUT2D eigenvalue weighted by Crippen LogP contribution is 2.39. The van der Waals surface area contributed by atoms with E-state index in [1.807, 2.05) is 0 Å². The zero-order chi connectivity index (χ0) is 13.3. The van der Waals surface area contributed by atoms with E-state index in [9.17, 15) is 20.4 Å². The van der Waals surface area contributed by atoms with E-state index >= 15 is 0 Å². The molecule has 0 aliphatic heterocycles. The Hall–Kier alpha value is -2.56. The van der Waals surface area contributed by atoms with Crippen LogP contribution in [0.25, 0.3) is 0 Å². The van der Waals surface area contributed by atoms with Crippen molar-refractivity contribution in [2.45, 2.75) is 6.92 Å². The minimum atomic E-state index is -0.575. The number of phenolic OH excluding ortho intramolecular Hbond substituents is 4. The predicted molar refractivity (Wildman–Crippen MR) is 67.6 cm³/mol. The molecule has 2 aromatic carbocycles. The molecular formula is C13H13NO4. The molecule has 0 unspecified atom stereocenters. The largest absolute Gasteiger partial charge is 0.505 e. The number of nitrogens with one attached hydrogen (secondary N) is 1. The van der Waals surface area contributed by atoms with E-state index in [4.69, 9.17) is 0 Å². The van der Waals surface area contributed by atoms with Gasteiger partial charge in [0.2, 0.25) is 0 Å². The second kappa shape index (κ2) is 4.37. The Morgan fingerprint density at radius 3 is 2.11 bits per heavy atom. The summed E-state index contributed by atoms with van der Waals surface area (Å²) in [5.74, 6) is -1.37. The van der Waals surface area contributed by atoms with Crippen LogP contribution >= 0.6 is 0 Å². The first-order valence-corrected chi connectivity index (χ1v) is 5.29. The average molecular weight is 247 g/mol. The third kappa shape index (κ3) is 2.10. The van der Waals surface area contributed by atoms with Crippen molar-refractivity contribution in [3.05, 3.63) is 35.9 Å². The van der Waals surface area contributed by atoms with Crippen molar-refractivity contribution in [2.24, 2.45) is 0 Å². The van der Waals surface area contributed by atoms with E-state index in [2.05, 4.69) is 5.32 Å². The number of phenols is 4. The van der Waals surface area contributed by atoms with Crippen LogP contribution in [0.4, 0.5) is 11.4 Å². The number of aromatic hydroxyl groups is 4. The number of rotatable bonds is 2. The van der Waals surface area contributed by atoms with E-state index in [1.54, 1.807) is 25.1 Å². The van der Waals surface area contributed by atoms with Crippen LogP contribution in [0.15, 0.2) is 30.3 Å². The minimum Gasteiger partial charge on any atom is -0.505 e. The molecule has 0 spiro atoms. The highest BCUT2D eigenvalue weighted by molar-refractivity contribution is 5.71. The Morgan fingerprint density at radius 2 is 1.50 bits per heavy atom. The summed E-state index contributed by atoms with van der Waals surface area (Å²) in [4.78, 5) is 0. The topological polar surface area (TPSA) is 93.0 Å². The van der Waals surface area contributed by atoms with E-state index in [1.165, 1.54) is 12.1 Å². The van der Waals surface area contributed by atoms with Gasteiger partial charge >= 0.3 is 0 Å². The van der Waals surface area contributed by atoms with Crippen molar-refractivity contribution < 1.29 is 20.4 Å². The fourth-order valence-electron chi connectivity index (χ4n) is 1.59. The summed E-state index contributed by atoms with van der Waals surface area (Å²) in [5, 5.41) is 40.6. The molecule has 0 heterocycles. The molecule has 0 atom stereocenters. The summed E-state index contributed by atoms with van der Waals surface area (Å²) < 4.78 is 0. The van der Waals surface area contributed by atoms with Gasteiger partial charge in [0.05, 0.1) is 5.69 Å². The van der Waals surface area contributed by atoms with Gasteiger partial charge in [-0.15, -0.1) is 0 Å². The molecule has 5 heteroatoms. The molecule has 18 heavy (non-hydrogen) atoms. The molecule has 5 N–H and O–H groups in total. The smallest absolute Gasteiger partial charge is 0.200 e. The van der Waals surface area contributed by atoms with Gasteiger partial charge in [-0.3, -0.25) is 0 Å². The predicted octanol–water partition coefficient (Wildman–Crippen LogP) is 2.56. The van der Waals surface area contributed by atoms with Crippen LogP contribution in [0.5, 0.6) is 23.0 Å². The summed E-state index contributed by atoms with van der Waals surface area (Å²) in [5.41, 5.74) is 1.50. The number of para-hydroxylation sites is 1. The number of aryl methyl sites for hydroxylation is 1. The summed E-state index contributed by atoms with van der Waals surface area (Å²) in [6, 6.07) is 7.67. The van der Waals surface area contributed by atoms with Crippen molar-refractivity contribution in [2.75, 3.05) is 5.32 Å². The second-order valence-electron chi connectivity index (χ2n) is 3.96. The third-order valence-corrected chi connectivity index (χ3v) is 2.59. The Morgan fingerprint density at radius 1 is 0.889 bits per heavy atom. The molecule has 0 fully saturated rings. The standard InChI is InChI=1S/C13H13NO4/c1-7-3-2-4-9(12(7)17)14-8-5-10(15)13(18)11(16)6-8/h2-6,14-18H,1H3. The van der Waals surface area contributed by atoms with Gasteiger partial charge in [-0.1, -0.05) is 12.1 Å². The number of anilines is 2. The molecule has 0 bridgehead atoms. The van der Waals surface area contributed by atoms with Crippen LogP contribution in [-0.4, -0.2) is 20.4 Å². The lowest BCUT2D eigenvalue weighted by molar-refractivity contribution is 0.368. The monoisotopic (exact) mass is 247 g/mol. The lowest BCUT2D eigenvalue weighted by Crippen LogP contribution is -1.91. The highest BCUT2D eigenvalue weighted by Gasteiger charge is 2.10. The lowest BCUT2D eigenvalue weighted by atomic mass is 10.2. The molecule has 2 aromatic rings. The summed E-state index contributed by atoms with van der Waals surface area (Å²) in [6.07, 6.45) is 0. The van der Waals surface area contributed by atoms with Crippen LogP contribution in [0.3, 0.4) is 0 Å². The van der Waals surface area contributed by atoms with Crippen LogP contribution in [-0.2, 0) is 0 Å². The molecule has 0 saturated carbocycles. The van der Waals surface area contributed by atoms with E-state index in [0.717, 1.165) is 0 Å². The number of hydrogen-bond donors (Lipinski definition) is 5. The molecule has 5 nitrogen and oxygen atoms in total. The van der Waals surface area contributed by atoms with Gasteiger partial charge in [0, 0.05) is 17.8 Å². The quantitative estimate of drug-likeness (QED) is 0.415.